The lowest BCUT2D eigenvalue weighted by molar-refractivity contribution is 0.104. The van der Waals surface area contributed by atoms with Crippen LogP contribution in [0.15, 0.2) is 48.2 Å². The highest BCUT2D eigenvalue weighted by Gasteiger charge is 2.31. The van der Waals surface area contributed by atoms with Gasteiger partial charge in [-0.1, -0.05) is 38.5 Å². The first-order chi connectivity index (χ1) is 15.6. The Kier molecular flexibility index (Phi) is 7.20. The van der Waals surface area contributed by atoms with E-state index in [4.69, 9.17) is 4.74 Å². The standard InChI is InChI=1S/C26H31N3O2S/c1-4-19-13-21(11-17(19)2)29-26-22(14-27-16-28-26)25(30)24-12-18(15-32-24)9-10-20-7-5-6-8-23(20)31-3/h5-8,12,14-17,19,21H,4,9-11,13H2,1-3H3,(H,27,28,29)/t17-,19-,21-/m0/s1. The summed E-state index contributed by atoms with van der Waals surface area (Å²) >= 11 is 1.49. The molecule has 1 fully saturated rings. The Morgan fingerprint density at radius 1 is 1.25 bits per heavy atom. The molecule has 1 saturated carbocycles. The summed E-state index contributed by atoms with van der Waals surface area (Å²) in [7, 11) is 1.70. The van der Waals surface area contributed by atoms with Gasteiger partial charge in [0.15, 0.2) is 0 Å². The van der Waals surface area contributed by atoms with E-state index in [9.17, 15) is 4.79 Å². The van der Waals surface area contributed by atoms with Gasteiger partial charge in [-0.3, -0.25) is 4.79 Å². The van der Waals surface area contributed by atoms with Crippen LogP contribution in [0, 0.1) is 11.8 Å². The zero-order valence-corrected chi connectivity index (χ0v) is 19.8. The SMILES string of the molecule is CC[C@H]1C[C@@H](Nc2ncncc2C(=O)c2cc(CCc3ccccc3OC)cs2)C[C@@H]1C. The number of anilines is 1. The number of nitrogens with zero attached hydrogens (tertiary/aromatic N) is 2. The van der Waals surface area contributed by atoms with E-state index in [0.717, 1.165) is 47.8 Å². The zero-order valence-electron chi connectivity index (χ0n) is 19.0. The molecule has 2 heterocycles. The summed E-state index contributed by atoms with van der Waals surface area (Å²) in [5.74, 6) is 2.98. The molecule has 3 atom stereocenters. The van der Waals surface area contributed by atoms with E-state index in [-0.39, 0.29) is 5.78 Å². The summed E-state index contributed by atoms with van der Waals surface area (Å²) in [4.78, 5) is 22.6. The molecule has 6 heteroatoms. The van der Waals surface area contributed by atoms with Crippen LogP contribution in [-0.2, 0) is 12.8 Å². The Balaban J connectivity index is 1.45. The number of carbonyl (C=O) groups excluding carboxylic acids is 1. The summed E-state index contributed by atoms with van der Waals surface area (Å²) in [5.41, 5.74) is 2.89. The Bertz CT molecular complexity index is 1060. The van der Waals surface area contributed by atoms with Crippen LogP contribution in [0.1, 0.15) is 59.5 Å². The molecule has 32 heavy (non-hydrogen) atoms. The average molecular weight is 450 g/mol. The molecule has 1 aromatic carbocycles. The average Bonchev–Trinajstić information content (AvgIpc) is 3.44. The molecule has 5 nitrogen and oxygen atoms in total. The smallest absolute Gasteiger partial charge is 0.208 e. The Morgan fingerprint density at radius 2 is 2.09 bits per heavy atom. The molecular formula is C26H31N3O2S. The minimum absolute atomic E-state index is 0.0141. The molecule has 0 spiro atoms. The number of ether oxygens (including phenoxy) is 1. The van der Waals surface area contributed by atoms with E-state index in [0.29, 0.717) is 23.3 Å². The number of para-hydroxylation sites is 1. The van der Waals surface area contributed by atoms with Crippen LogP contribution < -0.4 is 10.1 Å². The van der Waals surface area contributed by atoms with Gasteiger partial charge in [-0.25, -0.2) is 9.97 Å². The molecule has 0 bridgehead atoms. The van der Waals surface area contributed by atoms with Gasteiger partial charge in [-0.2, -0.15) is 0 Å². The van der Waals surface area contributed by atoms with E-state index in [1.54, 1.807) is 13.3 Å². The van der Waals surface area contributed by atoms with E-state index in [2.05, 4.69) is 40.6 Å². The Morgan fingerprint density at radius 3 is 2.88 bits per heavy atom. The van der Waals surface area contributed by atoms with Crippen molar-refractivity contribution in [2.24, 2.45) is 11.8 Å². The lowest BCUT2D eigenvalue weighted by atomic mass is 9.96. The van der Waals surface area contributed by atoms with Gasteiger partial charge < -0.3 is 10.1 Å². The van der Waals surface area contributed by atoms with Gasteiger partial charge in [-0.15, -0.1) is 11.3 Å². The fourth-order valence-corrected chi connectivity index (χ4v) is 5.67. The number of nitrogens with one attached hydrogen (secondary N) is 1. The molecule has 1 N–H and O–H groups in total. The topological polar surface area (TPSA) is 64.1 Å². The molecule has 1 aliphatic rings. The summed E-state index contributed by atoms with van der Waals surface area (Å²) in [6, 6.07) is 10.4. The third kappa shape index (κ3) is 5.01. The first kappa shape index (κ1) is 22.5. The van der Waals surface area contributed by atoms with Crippen molar-refractivity contribution in [1.29, 1.82) is 0 Å². The molecule has 0 amide bonds. The van der Waals surface area contributed by atoms with E-state index >= 15 is 0 Å². The van der Waals surface area contributed by atoms with Gasteiger partial charge in [0.05, 0.1) is 17.6 Å². The maximum atomic E-state index is 13.3. The number of methoxy groups -OCH3 is 1. The Labute approximate surface area is 194 Å². The number of thiophene rings is 1. The molecule has 2 aromatic heterocycles. The van der Waals surface area contributed by atoms with E-state index in [1.807, 2.05) is 24.3 Å². The van der Waals surface area contributed by atoms with E-state index in [1.165, 1.54) is 29.6 Å². The highest BCUT2D eigenvalue weighted by molar-refractivity contribution is 7.12. The normalized spacial score (nSPS) is 20.3. The van der Waals surface area contributed by atoms with Crippen LogP contribution >= 0.6 is 11.3 Å². The van der Waals surface area contributed by atoms with Crippen molar-refractivity contribution < 1.29 is 9.53 Å². The molecule has 3 aromatic rings. The fourth-order valence-electron chi connectivity index (χ4n) is 4.77. The molecule has 168 valence electrons. The van der Waals surface area contributed by atoms with Crippen molar-refractivity contribution >= 4 is 22.9 Å². The maximum absolute atomic E-state index is 13.3. The number of aryl methyl sites for hydroxylation is 2. The number of carbonyl (C=O) groups is 1. The number of hydrogen-bond acceptors (Lipinski definition) is 6. The third-order valence-corrected chi connectivity index (χ3v) is 7.60. The van der Waals surface area contributed by atoms with Crippen molar-refractivity contribution in [1.82, 2.24) is 9.97 Å². The molecule has 1 aliphatic carbocycles. The number of benzene rings is 1. The molecule has 0 radical (unpaired) electrons. The van der Waals surface area contributed by atoms with Crippen LogP contribution in [0.2, 0.25) is 0 Å². The first-order valence-corrected chi connectivity index (χ1v) is 12.3. The van der Waals surface area contributed by atoms with Crippen molar-refractivity contribution in [3.8, 4) is 5.75 Å². The van der Waals surface area contributed by atoms with Crippen LogP contribution in [0.25, 0.3) is 0 Å². The molecule has 4 rings (SSSR count). The van der Waals surface area contributed by atoms with Gasteiger partial charge in [0.2, 0.25) is 5.78 Å². The van der Waals surface area contributed by atoms with Crippen molar-refractivity contribution in [3.05, 3.63) is 69.8 Å². The first-order valence-electron chi connectivity index (χ1n) is 11.4. The second-order valence-electron chi connectivity index (χ2n) is 8.70. The molecular weight excluding hydrogens is 418 g/mol. The molecule has 0 aliphatic heterocycles. The second-order valence-corrected chi connectivity index (χ2v) is 9.61. The van der Waals surface area contributed by atoms with Gasteiger partial charge in [0, 0.05) is 12.2 Å². The van der Waals surface area contributed by atoms with Gasteiger partial charge in [-0.05, 0) is 66.2 Å². The number of rotatable bonds is 9. The van der Waals surface area contributed by atoms with Crippen LogP contribution in [0.4, 0.5) is 5.82 Å². The van der Waals surface area contributed by atoms with Crippen LogP contribution in [-0.4, -0.2) is 28.9 Å². The predicted molar refractivity (Wildman–Crippen MR) is 130 cm³/mol. The van der Waals surface area contributed by atoms with Crippen molar-refractivity contribution in [2.45, 2.75) is 52.0 Å². The quantitative estimate of drug-likeness (QED) is 0.418. The lowest BCUT2D eigenvalue weighted by Gasteiger charge is -2.15. The zero-order chi connectivity index (χ0) is 22.5. The minimum atomic E-state index is -0.0141. The minimum Gasteiger partial charge on any atom is -0.496 e. The number of hydrogen-bond donors (Lipinski definition) is 1. The highest BCUT2D eigenvalue weighted by atomic mass is 32.1. The number of aromatic nitrogens is 2. The fraction of sp³-hybridized carbons (Fsp3) is 0.423. The maximum Gasteiger partial charge on any atom is 0.208 e. The van der Waals surface area contributed by atoms with Crippen LogP contribution in [0.5, 0.6) is 5.75 Å². The van der Waals surface area contributed by atoms with Gasteiger partial charge >= 0.3 is 0 Å². The largest absolute Gasteiger partial charge is 0.496 e. The van der Waals surface area contributed by atoms with E-state index < -0.39 is 0 Å². The Hall–Kier alpha value is -2.73. The summed E-state index contributed by atoms with van der Waals surface area (Å²) in [6.45, 7) is 4.57. The van der Waals surface area contributed by atoms with Gasteiger partial charge in [0.1, 0.15) is 17.9 Å². The van der Waals surface area contributed by atoms with Gasteiger partial charge in [0.25, 0.3) is 0 Å². The van der Waals surface area contributed by atoms with Crippen molar-refractivity contribution in [3.63, 3.8) is 0 Å². The summed E-state index contributed by atoms with van der Waals surface area (Å²) < 4.78 is 5.45. The third-order valence-electron chi connectivity index (χ3n) is 6.62. The monoisotopic (exact) mass is 449 g/mol. The lowest BCUT2D eigenvalue weighted by Crippen LogP contribution is -2.19. The van der Waals surface area contributed by atoms with Crippen molar-refractivity contribution in [2.75, 3.05) is 12.4 Å². The highest BCUT2D eigenvalue weighted by Crippen LogP contribution is 2.35. The summed E-state index contributed by atoms with van der Waals surface area (Å²) in [6.07, 6.45) is 8.32. The number of ketones is 1. The molecule has 0 unspecified atom stereocenters. The molecule has 0 saturated heterocycles. The second kappa shape index (κ2) is 10.3. The van der Waals surface area contributed by atoms with Crippen LogP contribution in [0.3, 0.4) is 0 Å². The summed E-state index contributed by atoms with van der Waals surface area (Å²) in [5, 5.41) is 5.61. The predicted octanol–water partition coefficient (Wildman–Crippen LogP) is 5.80.